The van der Waals surface area contributed by atoms with Crippen LogP contribution in [-0.2, 0) is 0 Å². The molecular formula is C34H36Cl2FN9. The summed E-state index contributed by atoms with van der Waals surface area (Å²) in [6.45, 7) is 8.91. The van der Waals surface area contributed by atoms with Gasteiger partial charge in [-0.25, -0.2) is 4.98 Å². The molecule has 2 aliphatic rings. The number of nitrogens with one attached hydrogen (secondary N) is 3. The number of fused-ring (bicyclic) bond motifs is 1. The Hall–Kier alpha value is -4.14. The van der Waals surface area contributed by atoms with Gasteiger partial charge in [0.1, 0.15) is 6.07 Å². The maximum absolute atomic E-state index is 13.8. The summed E-state index contributed by atoms with van der Waals surface area (Å²) >= 11 is 12.8. The summed E-state index contributed by atoms with van der Waals surface area (Å²) in [7, 11) is 2.02. The predicted molar refractivity (Wildman–Crippen MR) is 182 cm³/mol. The van der Waals surface area contributed by atoms with Gasteiger partial charge in [0.15, 0.2) is 0 Å². The average molecular weight is 661 g/mol. The maximum Gasteiger partial charge on any atom is 0.231 e. The molecule has 2 aromatic heterocycles. The molecule has 238 valence electrons. The summed E-state index contributed by atoms with van der Waals surface area (Å²) in [5.74, 6) is -0.775. The fourth-order valence-corrected chi connectivity index (χ4v) is 6.53. The van der Waals surface area contributed by atoms with Crippen LogP contribution >= 0.6 is 23.2 Å². The fourth-order valence-electron chi connectivity index (χ4n) is 6.10. The van der Waals surface area contributed by atoms with Crippen molar-refractivity contribution in [3.05, 3.63) is 99.9 Å². The molecule has 0 aliphatic carbocycles. The molecule has 6 rings (SSSR count). The summed E-state index contributed by atoms with van der Waals surface area (Å²) in [6, 6.07) is 17.7. The monoisotopic (exact) mass is 659 g/mol. The predicted octanol–water partition coefficient (Wildman–Crippen LogP) is 7.62. The normalized spacial score (nSPS) is 16.8. The van der Waals surface area contributed by atoms with E-state index < -0.39 is 5.95 Å². The number of benzene rings is 2. The molecule has 2 aromatic carbocycles. The topological polar surface area (TPSA) is 95.4 Å². The Labute approximate surface area is 278 Å². The van der Waals surface area contributed by atoms with Crippen LogP contribution in [0.5, 0.6) is 0 Å². The molecule has 0 amide bonds. The van der Waals surface area contributed by atoms with E-state index in [2.05, 4.69) is 86.2 Å². The first-order valence-corrected chi connectivity index (χ1v) is 15.9. The Morgan fingerprint density at radius 1 is 1.02 bits per heavy atom. The molecule has 3 N–H and O–H groups in total. The third-order valence-corrected chi connectivity index (χ3v) is 9.13. The molecule has 0 radical (unpaired) electrons. The van der Waals surface area contributed by atoms with E-state index in [1.54, 1.807) is 0 Å². The van der Waals surface area contributed by atoms with Crippen molar-refractivity contribution in [2.45, 2.75) is 51.2 Å². The van der Waals surface area contributed by atoms with E-state index in [0.29, 0.717) is 33.3 Å². The highest BCUT2D eigenvalue weighted by molar-refractivity contribution is 6.36. The average Bonchev–Trinajstić information content (AvgIpc) is 3.43. The van der Waals surface area contributed by atoms with Gasteiger partial charge in [-0.3, -0.25) is 19.9 Å². The summed E-state index contributed by atoms with van der Waals surface area (Å²) < 4.78 is 13.8. The van der Waals surface area contributed by atoms with Gasteiger partial charge in [-0.2, -0.15) is 9.65 Å². The van der Waals surface area contributed by atoms with Crippen molar-refractivity contribution in [2.24, 2.45) is 0 Å². The number of piperidine rings is 1. The molecule has 2 aliphatic heterocycles. The molecule has 0 bridgehead atoms. The van der Waals surface area contributed by atoms with Crippen molar-refractivity contribution in [3.63, 3.8) is 0 Å². The zero-order chi connectivity index (χ0) is 32.6. The van der Waals surface area contributed by atoms with E-state index in [9.17, 15) is 9.65 Å². The molecule has 1 saturated heterocycles. The molecule has 1 atom stereocenters. The summed E-state index contributed by atoms with van der Waals surface area (Å²) in [6.07, 6.45) is 7.09. The van der Waals surface area contributed by atoms with Crippen LogP contribution < -0.4 is 16.2 Å². The lowest BCUT2D eigenvalue weighted by Gasteiger charge is -2.43. The number of likely N-dealkylation sites (N-methyl/N-ethyl adjacent to an activating group) is 1. The van der Waals surface area contributed by atoms with Crippen LogP contribution in [0.3, 0.4) is 0 Å². The van der Waals surface area contributed by atoms with Crippen LogP contribution in [0.4, 0.5) is 21.5 Å². The first-order valence-electron chi connectivity index (χ1n) is 15.2. The van der Waals surface area contributed by atoms with Crippen LogP contribution in [0.25, 0.3) is 10.9 Å². The van der Waals surface area contributed by atoms with Crippen molar-refractivity contribution in [1.82, 2.24) is 30.4 Å². The number of hydrogen-bond acceptors (Lipinski definition) is 9. The lowest BCUT2D eigenvalue weighted by Crippen LogP contribution is -2.52. The van der Waals surface area contributed by atoms with Crippen LogP contribution in [0.15, 0.2) is 72.8 Å². The first-order chi connectivity index (χ1) is 22.0. The Morgan fingerprint density at radius 3 is 2.41 bits per heavy atom. The quantitative estimate of drug-likeness (QED) is 0.173. The maximum atomic E-state index is 13.8. The number of anilines is 3. The van der Waals surface area contributed by atoms with Crippen LogP contribution in [0.1, 0.15) is 50.8 Å². The second kappa shape index (κ2) is 12.9. The zero-order valence-corrected chi connectivity index (χ0v) is 27.7. The van der Waals surface area contributed by atoms with E-state index in [0.717, 1.165) is 42.9 Å². The minimum absolute atomic E-state index is 0.135. The highest BCUT2D eigenvalue weighted by Crippen LogP contribution is 2.38. The highest BCUT2D eigenvalue weighted by atomic mass is 35.5. The molecule has 0 unspecified atom stereocenters. The van der Waals surface area contributed by atoms with Gasteiger partial charge in [-0.15, -0.1) is 5.53 Å². The third kappa shape index (κ3) is 6.55. The number of hydrogen-bond donors (Lipinski definition) is 3. The molecule has 46 heavy (non-hydrogen) atoms. The van der Waals surface area contributed by atoms with E-state index in [1.807, 2.05) is 37.4 Å². The van der Waals surface area contributed by atoms with Crippen molar-refractivity contribution in [3.8, 4) is 6.07 Å². The van der Waals surface area contributed by atoms with Gasteiger partial charge in [0.25, 0.3) is 0 Å². The lowest BCUT2D eigenvalue weighted by atomic mass is 9.98. The van der Waals surface area contributed by atoms with Crippen LogP contribution in [0, 0.1) is 17.3 Å². The minimum atomic E-state index is -0.775. The van der Waals surface area contributed by atoms with Gasteiger partial charge < -0.3 is 10.6 Å². The molecular weight excluding hydrogens is 624 g/mol. The molecule has 4 aromatic rings. The van der Waals surface area contributed by atoms with E-state index in [-0.39, 0.29) is 22.2 Å². The largest absolute Gasteiger partial charge is 0.373 e. The highest BCUT2D eigenvalue weighted by Gasteiger charge is 2.34. The number of aromatic nitrogens is 2. The number of halogens is 3. The zero-order valence-electron chi connectivity index (χ0n) is 26.2. The van der Waals surface area contributed by atoms with Crippen molar-refractivity contribution >= 4 is 51.2 Å². The Bertz CT molecular complexity index is 1810. The van der Waals surface area contributed by atoms with E-state index in [4.69, 9.17) is 23.2 Å². The van der Waals surface area contributed by atoms with Gasteiger partial charge in [0, 0.05) is 55.2 Å². The third-order valence-electron chi connectivity index (χ3n) is 8.58. The van der Waals surface area contributed by atoms with Gasteiger partial charge in [-0.1, -0.05) is 53.5 Å². The standard InChI is InChI=1S/C34H36Cl2FN9/c1-34(2,3)45-12-10-25(11-13-45)46-20-29(44(4)43-46)31(21-8-6-5-7-9-21)41-23-14-26-30(42-24-16-28(36)33(37)40-19-24)22(17-38)18-39-32(26)27(35)15-23/h5-9,14-16,18-20,25,31,41,43H,10-13H2,1-4H3,(H,39,42)/t31-/m0/s1. The Morgan fingerprint density at radius 2 is 1.74 bits per heavy atom. The van der Waals surface area contributed by atoms with E-state index >= 15 is 0 Å². The van der Waals surface area contributed by atoms with Crippen molar-refractivity contribution < 1.29 is 4.39 Å². The minimum Gasteiger partial charge on any atom is -0.373 e. The number of pyridine rings is 2. The molecule has 0 spiro atoms. The number of nitriles is 1. The number of likely N-dealkylation sites (tertiary alicyclic amines) is 1. The summed E-state index contributed by atoms with van der Waals surface area (Å²) in [4.78, 5) is 10.7. The van der Waals surface area contributed by atoms with Gasteiger partial charge in [0.05, 0.1) is 50.4 Å². The van der Waals surface area contributed by atoms with Gasteiger partial charge >= 0.3 is 0 Å². The second-order valence-corrected chi connectivity index (χ2v) is 13.4. The van der Waals surface area contributed by atoms with Crippen molar-refractivity contribution in [2.75, 3.05) is 30.8 Å². The fraction of sp³-hybridized carbons (Fsp3) is 0.324. The molecule has 12 heteroatoms. The van der Waals surface area contributed by atoms with E-state index in [1.165, 1.54) is 18.5 Å². The summed E-state index contributed by atoms with van der Waals surface area (Å²) in [5, 5.41) is 22.0. The number of rotatable bonds is 7. The SMILES string of the molecule is CN1NN(C2CCN(C(C)(C)C)CC2)C=C1[C@@H](Nc1cc(Cl)c2ncc(C#N)c(Nc3cnc(F)c(Cl)c3)c2c1)c1ccccc1. The number of hydrazine groups is 2. The first kappa shape index (κ1) is 31.8. The molecule has 9 nitrogen and oxygen atoms in total. The van der Waals surface area contributed by atoms with Gasteiger partial charge in [-0.05, 0) is 57.4 Å². The smallest absolute Gasteiger partial charge is 0.231 e. The van der Waals surface area contributed by atoms with Crippen LogP contribution in [0.2, 0.25) is 10.0 Å². The van der Waals surface area contributed by atoms with Crippen molar-refractivity contribution in [1.29, 1.82) is 5.26 Å². The van der Waals surface area contributed by atoms with Gasteiger partial charge in [0.2, 0.25) is 5.95 Å². The Balaban J connectivity index is 1.35. The molecule has 4 heterocycles. The summed E-state index contributed by atoms with van der Waals surface area (Å²) in [5.41, 5.74) is 8.23. The second-order valence-electron chi connectivity index (χ2n) is 12.6. The molecule has 0 saturated carbocycles. The Kier molecular flexibility index (Phi) is 8.95. The lowest BCUT2D eigenvalue weighted by molar-refractivity contribution is 0.0356. The number of nitrogens with zero attached hydrogens (tertiary/aromatic N) is 6. The van der Waals surface area contributed by atoms with Crippen LogP contribution in [-0.4, -0.2) is 56.6 Å². The molecule has 1 fully saturated rings.